The summed E-state index contributed by atoms with van der Waals surface area (Å²) in [7, 11) is 2.07. The molecule has 1 rings (SSSR count). The predicted octanol–water partition coefficient (Wildman–Crippen LogP) is 2.82. The van der Waals surface area contributed by atoms with Gasteiger partial charge >= 0.3 is 0 Å². The summed E-state index contributed by atoms with van der Waals surface area (Å²) in [5, 5.41) is 1.18. The summed E-state index contributed by atoms with van der Waals surface area (Å²) in [6.45, 7) is 5.04. The van der Waals surface area contributed by atoms with E-state index >= 15 is 0 Å². The molecule has 0 spiro atoms. The van der Waals surface area contributed by atoms with Crippen molar-refractivity contribution in [3.63, 3.8) is 0 Å². The van der Waals surface area contributed by atoms with E-state index in [0.717, 1.165) is 4.34 Å². The van der Waals surface area contributed by atoms with E-state index in [2.05, 4.69) is 25.8 Å². The van der Waals surface area contributed by atoms with Gasteiger partial charge in [-0.3, -0.25) is 0 Å². The molecule has 0 bridgehead atoms. The van der Waals surface area contributed by atoms with Crippen LogP contribution in [-0.4, -0.2) is 19.6 Å². The number of hydrogen-bond donors (Lipinski definition) is 1. The topological polar surface area (TPSA) is 29.3 Å². The predicted molar refractivity (Wildman–Crippen MR) is 65.4 cm³/mol. The van der Waals surface area contributed by atoms with Crippen LogP contribution in [-0.2, 0) is 0 Å². The first-order chi connectivity index (χ1) is 6.56. The van der Waals surface area contributed by atoms with E-state index in [0.29, 0.717) is 18.5 Å². The summed E-state index contributed by atoms with van der Waals surface area (Å²) in [6, 6.07) is 4.34. The maximum Gasteiger partial charge on any atom is 0.0950 e. The molecule has 0 aliphatic carbocycles. The molecule has 0 aliphatic heterocycles. The lowest BCUT2D eigenvalue weighted by molar-refractivity contribution is 0.481. The van der Waals surface area contributed by atoms with Gasteiger partial charge in [0.1, 0.15) is 0 Å². The highest BCUT2D eigenvalue weighted by molar-refractivity contribution is 7.19. The van der Waals surface area contributed by atoms with Crippen LogP contribution in [0.2, 0.25) is 4.34 Å². The number of rotatable bonds is 4. The standard InChI is InChI=1S/C10H17ClN2S/c1-7(2)8(6-12)13(3)10-5-4-9(11)14-10/h4-5,7-8H,6,12H2,1-3H3. The van der Waals surface area contributed by atoms with E-state index in [1.165, 1.54) is 5.00 Å². The van der Waals surface area contributed by atoms with Crippen LogP contribution in [0.5, 0.6) is 0 Å². The molecule has 0 saturated heterocycles. The third-order valence-electron chi connectivity index (χ3n) is 2.42. The minimum absolute atomic E-state index is 0.379. The molecule has 80 valence electrons. The molecule has 1 atom stereocenters. The van der Waals surface area contributed by atoms with Crippen LogP contribution in [0.25, 0.3) is 0 Å². The molecule has 1 heterocycles. The minimum Gasteiger partial charge on any atom is -0.362 e. The Morgan fingerprint density at radius 1 is 1.50 bits per heavy atom. The van der Waals surface area contributed by atoms with Crippen LogP contribution in [0.15, 0.2) is 12.1 Å². The Morgan fingerprint density at radius 2 is 2.14 bits per heavy atom. The summed E-state index contributed by atoms with van der Waals surface area (Å²) in [4.78, 5) is 2.21. The Morgan fingerprint density at radius 3 is 2.50 bits per heavy atom. The lowest BCUT2D eigenvalue weighted by Gasteiger charge is -2.30. The van der Waals surface area contributed by atoms with E-state index in [4.69, 9.17) is 17.3 Å². The van der Waals surface area contributed by atoms with E-state index in [1.807, 2.05) is 12.1 Å². The minimum atomic E-state index is 0.379. The van der Waals surface area contributed by atoms with E-state index in [1.54, 1.807) is 11.3 Å². The van der Waals surface area contributed by atoms with Gasteiger partial charge in [0.05, 0.1) is 9.34 Å². The van der Waals surface area contributed by atoms with Crippen molar-refractivity contribution in [2.75, 3.05) is 18.5 Å². The van der Waals surface area contributed by atoms with Gasteiger partial charge in [0.2, 0.25) is 0 Å². The monoisotopic (exact) mass is 232 g/mol. The fourth-order valence-corrected chi connectivity index (χ4v) is 2.59. The molecule has 0 aliphatic rings. The first kappa shape index (κ1) is 11.8. The van der Waals surface area contributed by atoms with Gasteiger partial charge in [-0.1, -0.05) is 25.4 Å². The zero-order chi connectivity index (χ0) is 10.7. The quantitative estimate of drug-likeness (QED) is 0.865. The van der Waals surface area contributed by atoms with E-state index < -0.39 is 0 Å². The molecule has 2 nitrogen and oxygen atoms in total. The van der Waals surface area contributed by atoms with Crippen molar-refractivity contribution in [1.82, 2.24) is 0 Å². The molecule has 14 heavy (non-hydrogen) atoms. The van der Waals surface area contributed by atoms with Crippen molar-refractivity contribution in [1.29, 1.82) is 0 Å². The van der Waals surface area contributed by atoms with Gasteiger partial charge < -0.3 is 10.6 Å². The Labute approximate surface area is 94.7 Å². The van der Waals surface area contributed by atoms with E-state index in [9.17, 15) is 0 Å². The Balaban J connectivity index is 2.77. The summed E-state index contributed by atoms with van der Waals surface area (Å²) in [5.74, 6) is 0.547. The third-order valence-corrected chi connectivity index (χ3v) is 3.74. The second-order valence-corrected chi connectivity index (χ2v) is 5.43. The maximum atomic E-state index is 5.89. The average molecular weight is 233 g/mol. The number of nitrogens with two attached hydrogens (primary N) is 1. The van der Waals surface area contributed by atoms with Crippen molar-refractivity contribution in [3.8, 4) is 0 Å². The van der Waals surface area contributed by atoms with E-state index in [-0.39, 0.29) is 0 Å². The molecular formula is C10H17ClN2S. The first-order valence-electron chi connectivity index (χ1n) is 4.74. The zero-order valence-electron chi connectivity index (χ0n) is 8.83. The molecule has 0 amide bonds. The third kappa shape index (κ3) is 2.62. The van der Waals surface area contributed by atoms with Crippen molar-refractivity contribution in [3.05, 3.63) is 16.5 Å². The van der Waals surface area contributed by atoms with Crippen molar-refractivity contribution < 1.29 is 0 Å². The summed E-state index contributed by atoms with van der Waals surface area (Å²) in [6.07, 6.45) is 0. The van der Waals surface area contributed by atoms with Crippen molar-refractivity contribution in [2.24, 2.45) is 11.7 Å². The lowest BCUT2D eigenvalue weighted by atomic mass is 10.0. The van der Waals surface area contributed by atoms with Crippen LogP contribution < -0.4 is 10.6 Å². The fraction of sp³-hybridized carbons (Fsp3) is 0.600. The molecule has 0 radical (unpaired) electrons. The number of halogens is 1. The lowest BCUT2D eigenvalue weighted by Crippen LogP contribution is -2.41. The molecule has 4 heteroatoms. The number of hydrogen-bond acceptors (Lipinski definition) is 3. The van der Waals surface area contributed by atoms with Crippen LogP contribution in [0.3, 0.4) is 0 Å². The number of likely N-dealkylation sites (N-methyl/N-ethyl adjacent to an activating group) is 1. The van der Waals surface area contributed by atoms with Gasteiger partial charge in [-0.15, -0.1) is 11.3 Å². The number of nitrogens with zero attached hydrogens (tertiary/aromatic N) is 1. The van der Waals surface area contributed by atoms with Crippen LogP contribution in [0.1, 0.15) is 13.8 Å². The zero-order valence-corrected chi connectivity index (χ0v) is 10.4. The smallest absolute Gasteiger partial charge is 0.0950 e. The summed E-state index contributed by atoms with van der Waals surface area (Å²) in [5.41, 5.74) is 5.75. The van der Waals surface area contributed by atoms with Crippen LogP contribution in [0.4, 0.5) is 5.00 Å². The van der Waals surface area contributed by atoms with Gasteiger partial charge in [0.15, 0.2) is 0 Å². The Bertz CT molecular complexity index is 285. The normalized spacial score (nSPS) is 13.3. The molecule has 0 saturated carbocycles. The molecule has 2 N–H and O–H groups in total. The second kappa shape index (κ2) is 5.01. The Hall–Kier alpha value is -0.250. The van der Waals surface area contributed by atoms with Gasteiger partial charge in [-0.2, -0.15) is 0 Å². The molecule has 0 aromatic carbocycles. The molecule has 1 aromatic heterocycles. The number of anilines is 1. The van der Waals surface area contributed by atoms with Crippen LogP contribution in [0, 0.1) is 5.92 Å². The molecule has 0 fully saturated rings. The van der Waals surface area contributed by atoms with Crippen molar-refractivity contribution >= 4 is 27.9 Å². The molecular weight excluding hydrogens is 216 g/mol. The molecule has 1 aromatic rings. The van der Waals surface area contributed by atoms with Crippen LogP contribution >= 0.6 is 22.9 Å². The largest absolute Gasteiger partial charge is 0.362 e. The maximum absolute atomic E-state index is 5.89. The van der Waals surface area contributed by atoms with Gasteiger partial charge in [-0.25, -0.2) is 0 Å². The summed E-state index contributed by atoms with van der Waals surface area (Å²) < 4.78 is 0.825. The van der Waals surface area contributed by atoms with Gasteiger partial charge in [-0.05, 0) is 18.1 Å². The fourth-order valence-electron chi connectivity index (χ4n) is 1.54. The highest BCUT2D eigenvalue weighted by Crippen LogP contribution is 2.30. The first-order valence-corrected chi connectivity index (χ1v) is 5.94. The average Bonchev–Trinajstić information content (AvgIpc) is 2.52. The SMILES string of the molecule is CC(C)C(CN)N(C)c1ccc(Cl)s1. The molecule has 1 unspecified atom stereocenters. The highest BCUT2D eigenvalue weighted by Gasteiger charge is 2.18. The Kier molecular flexibility index (Phi) is 4.23. The van der Waals surface area contributed by atoms with Gasteiger partial charge in [0, 0.05) is 19.6 Å². The highest BCUT2D eigenvalue weighted by atomic mass is 35.5. The van der Waals surface area contributed by atoms with Gasteiger partial charge in [0.25, 0.3) is 0 Å². The summed E-state index contributed by atoms with van der Waals surface area (Å²) >= 11 is 7.49. The van der Waals surface area contributed by atoms with Crippen molar-refractivity contribution in [2.45, 2.75) is 19.9 Å². The second-order valence-electron chi connectivity index (χ2n) is 3.74. The number of thiophene rings is 1.